The summed E-state index contributed by atoms with van der Waals surface area (Å²) >= 11 is 6.06. The zero-order valence-electron chi connectivity index (χ0n) is 14.1. The smallest absolute Gasteiger partial charge is 0.273 e. The maximum absolute atomic E-state index is 12.7. The van der Waals surface area contributed by atoms with Crippen molar-refractivity contribution >= 4 is 45.5 Å². The average molecular weight is 376 g/mol. The molecule has 5 nitrogen and oxygen atoms in total. The number of fused-ring (bicyclic) bond motifs is 2. The third-order valence-corrected chi connectivity index (χ3v) is 4.60. The summed E-state index contributed by atoms with van der Waals surface area (Å²) in [4.78, 5) is 28.5. The van der Waals surface area contributed by atoms with Gasteiger partial charge in [0.15, 0.2) is 5.43 Å². The number of hydrogen-bond donors (Lipinski definition) is 2. The van der Waals surface area contributed by atoms with E-state index >= 15 is 0 Å². The number of benzene rings is 3. The number of pyridine rings is 1. The molecule has 1 amide bonds. The molecule has 6 heteroatoms. The van der Waals surface area contributed by atoms with Crippen LogP contribution in [-0.2, 0) is 0 Å². The molecule has 0 unspecified atom stereocenters. The van der Waals surface area contributed by atoms with Crippen molar-refractivity contribution in [1.29, 1.82) is 0 Å². The van der Waals surface area contributed by atoms with Gasteiger partial charge in [-0.25, -0.2) is 5.43 Å². The molecule has 0 saturated heterocycles. The molecule has 2 N–H and O–H groups in total. The quantitative estimate of drug-likeness (QED) is 0.321. The van der Waals surface area contributed by atoms with E-state index in [0.717, 1.165) is 0 Å². The van der Waals surface area contributed by atoms with E-state index in [1.165, 1.54) is 6.21 Å². The molecule has 0 saturated carbocycles. The predicted octanol–water partition coefficient (Wildman–Crippen LogP) is 4.10. The molecule has 27 heavy (non-hydrogen) atoms. The number of hydrogen-bond acceptors (Lipinski definition) is 3. The van der Waals surface area contributed by atoms with E-state index in [2.05, 4.69) is 15.5 Å². The van der Waals surface area contributed by atoms with Gasteiger partial charge in [0.25, 0.3) is 5.91 Å². The highest BCUT2D eigenvalue weighted by Gasteiger charge is 2.13. The SMILES string of the molecule is O=C(N/N=C/c1ccccc1Cl)c1cccc2c(=O)c3ccccc3[nH]c12. The minimum atomic E-state index is -0.421. The number of carbonyl (C=O) groups excluding carboxylic acids is 1. The molecule has 3 aromatic carbocycles. The van der Waals surface area contributed by atoms with Crippen molar-refractivity contribution in [3.63, 3.8) is 0 Å². The zero-order chi connectivity index (χ0) is 18.8. The van der Waals surface area contributed by atoms with Gasteiger partial charge in [-0.2, -0.15) is 5.10 Å². The maximum Gasteiger partial charge on any atom is 0.273 e. The lowest BCUT2D eigenvalue weighted by Crippen LogP contribution is -2.19. The Morgan fingerprint density at radius 3 is 2.56 bits per heavy atom. The Labute approximate surface area is 159 Å². The van der Waals surface area contributed by atoms with Crippen molar-refractivity contribution in [3.8, 4) is 0 Å². The fraction of sp³-hybridized carbons (Fsp3) is 0. The topological polar surface area (TPSA) is 74.3 Å². The van der Waals surface area contributed by atoms with Crippen molar-refractivity contribution in [2.75, 3.05) is 0 Å². The Kier molecular flexibility index (Phi) is 4.44. The van der Waals surface area contributed by atoms with Crippen LogP contribution >= 0.6 is 11.6 Å². The normalized spacial score (nSPS) is 11.3. The van der Waals surface area contributed by atoms with Crippen LogP contribution in [0, 0.1) is 0 Å². The monoisotopic (exact) mass is 375 g/mol. The first-order valence-electron chi connectivity index (χ1n) is 8.27. The number of H-pyrrole nitrogens is 1. The molecule has 132 valence electrons. The fourth-order valence-corrected chi connectivity index (χ4v) is 3.12. The molecule has 0 atom stereocenters. The number of amides is 1. The van der Waals surface area contributed by atoms with Crippen molar-refractivity contribution in [1.82, 2.24) is 10.4 Å². The lowest BCUT2D eigenvalue weighted by atomic mass is 10.1. The molecular weight excluding hydrogens is 362 g/mol. The number of halogens is 1. The molecular formula is C21H14ClN3O2. The minimum Gasteiger partial charge on any atom is -0.354 e. The Morgan fingerprint density at radius 2 is 1.70 bits per heavy atom. The highest BCUT2D eigenvalue weighted by molar-refractivity contribution is 6.33. The van der Waals surface area contributed by atoms with Crippen LogP contribution in [-0.4, -0.2) is 17.1 Å². The molecule has 4 aromatic rings. The molecule has 0 bridgehead atoms. The van der Waals surface area contributed by atoms with Crippen LogP contribution in [0.25, 0.3) is 21.8 Å². The molecule has 0 aliphatic carbocycles. The van der Waals surface area contributed by atoms with E-state index in [0.29, 0.717) is 38.0 Å². The second kappa shape index (κ2) is 7.05. The van der Waals surface area contributed by atoms with Crippen LogP contribution in [0.2, 0.25) is 5.02 Å². The summed E-state index contributed by atoms with van der Waals surface area (Å²) < 4.78 is 0. The van der Waals surface area contributed by atoms with Gasteiger partial charge in [-0.15, -0.1) is 0 Å². The van der Waals surface area contributed by atoms with Gasteiger partial charge >= 0.3 is 0 Å². The average Bonchev–Trinajstić information content (AvgIpc) is 2.69. The number of nitrogens with one attached hydrogen (secondary N) is 2. The van der Waals surface area contributed by atoms with Crippen molar-refractivity contribution < 1.29 is 4.79 Å². The van der Waals surface area contributed by atoms with Gasteiger partial charge in [0.05, 0.1) is 17.3 Å². The summed E-state index contributed by atoms with van der Waals surface area (Å²) in [5.74, 6) is -0.421. The second-order valence-electron chi connectivity index (χ2n) is 5.95. The Bertz CT molecular complexity index is 1260. The van der Waals surface area contributed by atoms with Gasteiger partial charge in [-0.05, 0) is 30.3 Å². The van der Waals surface area contributed by atoms with Crippen LogP contribution in [0.1, 0.15) is 15.9 Å². The zero-order valence-corrected chi connectivity index (χ0v) is 14.8. The number of rotatable bonds is 3. The van der Waals surface area contributed by atoms with E-state index in [-0.39, 0.29) is 5.43 Å². The maximum atomic E-state index is 12.7. The van der Waals surface area contributed by atoms with E-state index in [1.807, 2.05) is 24.3 Å². The first-order valence-corrected chi connectivity index (χ1v) is 8.64. The third-order valence-electron chi connectivity index (χ3n) is 4.26. The number of aromatic nitrogens is 1. The molecule has 0 aliphatic heterocycles. The van der Waals surface area contributed by atoms with Gasteiger partial charge in [0.2, 0.25) is 0 Å². The standard InChI is InChI=1S/C21H14ClN3O2/c22-17-10-3-1-6-13(17)12-23-25-21(27)16-9-5-8-15-19(16)24-18-11-4-2-7-14(18)20(15)26/h1-12H,(H,24,26)(H,25,27)/b23-12+. The lowest BCUT2D eigenvalue weighted by Gasteiger charge is -2.07. The van der Waals surface area contributed by atoms with Crippen molar-refractivity contribution in [3.05, 3.63) is 93.1 Å². The second-order valence-corrected chi connectivity index (χ2v) is 6.36. The summed E-state index contributed by atoms with van der Waals surface area (Å²) in [6.45, 7) is 0. The van der Waals surface area contributed by atoms with E-state index in [9.17, 15) is 9.59 Å². The highest BCUT2D eigenvalue weighted by Crippen LogP contribution is 2.18. The van der Waals surface area contributed by atoms with Crippen LogP contribution in [0.3, 0.4) is 0 Å². The third kappa shape index (κ3) is 3.20. The molecule has 0 radical (unpaired) electrons. The molecule has 0 fully saturated rings. The largest absolute Gasteiger partial charge is 0.354 e. The van der Waals surface area contributed by atoms with Crippen LogP contribution < -0.4 is 10.9 Å². The van der Waals surface area contributed by atoms with E-state index in [4.69, 9.17) is 11.6 Å². The van der Waals surface area contributed by atoms with Crippen LogP contribution in [0.5, 0.6) is 0 Å². The van der Waals surface area contributed by atoms with E-state index < -0.39 is 5.91 Å². The summed E-state index contributed by atoms with van der Waals surface area (Å²) in [7, 11) is 0. The first kappa shape index (κ1) is 17.0. The lowest BCUT2D eigenvalue weighted by molar-refractivity contribution is 0.0956. The van der Waals surface area contributed by atoms with Crippen LogP contribution in [0.4, 0.5) is 0 Å². The Balaban J connectivity index is 1.72. The Morgan fingerprint density at radius 1 is 0.963 bits per heavy atom. The summed E-state index contributed by atoms with van der Waals surface area (Å²) in [6, 6.07) is 19.4. The summed E-state index contributed by atoms with van der Waals surface area (Å²) in [5.41, 5.74) is 4.55. The molecule has 0 aliphatic rings. The highest BCUT2D eigenvalue weighted by atomic mass is 35.5. The number of para-hydroxylation sites is 2. The summed E-state index contributed by atoms with van der Waals surface area (Å²) in [6.07, 6.45) is 1.48. The number of hydrazone groups is 1. The van der Waals surface area contributed by atoms with E-state index in [1.54, 1.807) is 42.5 Å². The number of aromatic amines is 1. The van der Waals surface area contributed by atoms with Gasteiger partial charge in [-0.3, -0.25) is 9.59 Å². The predicted molar refractivity (Wildman–Crippen MR) is 109 cm³/mol. The van der Waals surface area contributed by atoms with Crippen LogP contribution in [0.15, 0.2) is 76.6 Å². The van der Waals surface area contributed by atoms with Crippen molar-refractivity contribution in [2.45, 2.75) is 0 Å². The number of nitrogens with zero attached hydrogens (tertiary/aromatic N) is 1. The minimum absolute atomic E-state index is 0.117. The molecule has 0 spiro atoms. The molecule has 1 heterocycles. The van der Waals surface area contributed by atoms with Crippen molar-refractivity contribution in [2.24, 2.45) is 5.10 Å². The van der Waals surface area contributed by atoms with Gasteiger partial charge < -0.3 is 4.98 Å². The Hall–Kier alpha value is -3.44. The summed E-state index contributed by atoms with van der Waals surface area (Å²) in [5, 5.41) is 5.55. The fourth-order valence-electron chi connectivity index (χ4n) is 2.94. The molecule has 4 rings (SSSR count). The van der Waals surface area contributed by atoms with Gasteiger partial charge in [0.1, 0.15) is 0 Å². The number of carbonyl (C=O) groups is 1. The van der Waals surface area contributed by atoms with Gasteiger partial charge in [0, 0.05) is 26.9 Å². The first-order chi connectivity index (χ1) is 13.1. The van der Waals surface area contributed by atoms with Gasteiger partial charge in [-0.1, -0.05) is 48.0 Å². The molecule has 1 aromatic heterocycles.